The lowest BCUT2D eigenvalue weighted by atomic mass is 10.0. The van der Waals surface area contributed by atoms with Crippen molar-refractivity contribution in [2.75, 3.05) is 0 Å². The Labute approximate surface area is 95.1 Å². The SMILES string of the molecule is CCc1cccnc1C(N)c1cnn(C)c1. The normalized spacial score (nSPS) is 12.7. The molecular weight excluding hydrogens is 200 g/mol. The van der Waals surface area contributed by atoms with Gasteiger partial charge in [0, 0.05) is 25.0 Å². The highest BCUT2D eigenvalue weighted by molar-refractivity contribution is 5.30. The Kier molecular flexibility index (Phi) is 3.01. The van der Waals surface area contributed by atoms with Gasteiger partial charge in [0.2, 0.25) is 0 Å². The third-order valence-corrected chi connectivity index (χ3v) is 2.69. The van der Waals surface area contributed by atoms with E-state index in [1.807, 2.05) is 19.3 Å². The van der Waals surface area contributed by atoms with E-state index in [2.05, 4.69) is 23.1 Å². The van der Waals surface area contributed by atoms with Crippen LogP contribution < -0.4 is 5.73 Å². The molecule has 2 aromatic heterocycles. The second-order valence-electron chi connectivity index (χ2n) is 3.83. The van der Waals surface area contributed by atoms with E-state index in [9.17, 15) is 0 Å². The van der Waals surface area contributed by atoms with Gasteiger partial charge in [-0.1, -0.05) is 13.0 Å². The van der Waals surface area contributed by atoms with Gasteiger partial charge >= 0.3 is 0 Å². The van der Waals surface area contributed by atoms with Gasteiger partial charge in [0.1, 0.15) is 0 Å². The number of hydrogen-bond acceptors (Lipinski definition) is 3. The molecule has 0 saturated carbocycles. The number of hydrogen-bond donors (Lipinski definition) is 1. The molecule has 16 heavy (non-hydrogen) atoms. The summed E-state index contributed by atoms with van der Waals surface area (Å²) >= 11 is 0. The van der Waals surface area contributed by atoms with Crippen molar-refractivity contribution in [3.05, 3.63) is 47.5 Å². The Bertz CT molecular complexity index is 475. The topological polar surface area (TPSA) is 56.7 Å². The van der Waals surface area contributed by atoms with Crippen molar-refractivity contribution < 1.29 is 0 Å². The first-order chi connectivity index (χ1) is 7.72. The highest BCUT2D eigenvalue weighted by Crippen LogP contribution is 2.20. The highest BCUT2D eigenvalue weighted by Gasteiger charge is 2.14. The van der Waals surface area contributed by atoms with Crippen LogP contribution >= 0.6 is 0 Å². The number of nitrogens with zero attached hydrogens (tertiary/aromatic N) is 3. The molecule has 0 bridgehead atoms. The Balaban J connectivity index is 2.36. The van der Waals surface area contributed by atoms with Crippen molar-refractivity contribution in [1.29, 1.82) is 0 Å². The van der Waals surface area contributed by atoms with Gasteiger partial charge in [-0.2, -0.15) is 5.10 Å². The van der Waals surface area contributed by atoms with E-state index in [1.54, 1.807) is 17.1 Å². The lowest BCUT2D eigenvalue weighted by Crippen LogP contribution is -2.15. The van der Waals surface area contributed by atoms with E-state index < -0.39 is 0 Å². The Morgan fingerprint density at radius 1 is 1.50 bits per heavy atom. The molecular formula is C12H16N4. The Morgan fingerprint density at radius 3 is 2.94 bits per heavy atom. The molecule has 0 aliphatic carbocycles. The summed E-state index contributed by atoms with van der Waals surface area (Å²) in [6.45, 7) is 2.11. The maximum absolute atomic E-state index is 6.19. The van der Waals surface area contributed by atoms with E-state index in [0.717, 1.165) is 17.7 Å². The molecule has 0 spiro atoms. The third kappa shape index (κ3) is 1.97. The lowest BCUT2D eigenvalue weighted by Gasteiger charge is -2.12. The van der Waals surface area contributed by atoms with Crippen LogP contribution in [0.3, 0.4) is 0 Å². The van der Waals surface area contributed by atoms with Crippen LogP contribution in [0.4, 0.5) is 0 Å². The molecule has 1 atom stereocenters. The van der Waals surface area contributed by atoms with Crippen LogP contribution in [-0.2, 0) is 13.5 Å². The van der Waals surface area contributed by atoms with Gasteiger partial charge in [-0.25, -0.2) is 0 Å². The van der Waals surface area contributed by atoms with Crippen LogP contribution in [0.15, 0.2) is 30.7 Å². The molecule has 4 nitrogen and oxygen atoms in total. The summed E-state index contributed by atoms with van der Waals surface area (Å²) in [6.07, 6.45) is 6.44. The van der Waals surface area contributed by atoms with Gasteiger partial charge in [0.25, 0.3) is 0 Å². The zero-order valence-electron chi connectivity index (χ0n) is 9.59. The summed E-state index contributed by atoms with van der Waals surface area (Å²) in [7, 11) is 1.88. The first-order valence-electron chi connectivity index (χ1n) is 5.40. The smallest absolute Gasteiger partial charge is 0.0760 e. The predicted octanol–water partition coefficient (Wildman–Crippen LogP) is 1.43. The predicted molar refractivity (Wildman–Crippen MR) is 62.9 cm³/mol. The molecule has 0 amide bonds. The molecule has 0 aromatic carbocycles. The van der Waals surface area contributed by atoms with Crippen LogP contribution in [0.1, 0.15) is 29.8 Å². The Hall–Kier alpha value is -1.68. The molecule has 2 N–H and O–H groups in total. The monoisotopic (exact) mass is 216 g/mol. The second-order valence-corrected chi connectivity index (χ2v) is 3.83. The van der Waals surface area contributed by atoms with E-state index in [4.69, 9.17) is 5.73 Å². The number of nitrogens with two attached hydrogens (primary N) is 1. The average Bonchev–Trinajstić information content (AvgIpc) is 2.75. The first-order valence-corrected chi connectivity index (χ1v) is 5.40. The first kappa shape index (κ1) is 10.8. The van der Waals surface area contributed by atoms with Crippen LogP contribution in [-0.4, -0.2) is 14.8 Å². The Morgan fingerprint density at radius 2 is 2.31 bits per heavy atom. The van der Waals surface area contributed by atoms with Crippen molar-refractivity contribution in [2.45, 2.75) is 19.4 Å². The van der Waals surface area contributed by atoms with Crippen LogP contribution in [0.2, 0.25) is 0 Å². The minimum absolute atomic E-state index is 0.190. The van der Waals surface area contributed by atoms with E-state index in [0.29, 0.717) is 0 Å². The van der Waals surface area contributed by atoms with Gasteiger partial charge in [0.15, 0.2) is 0 Å². The molecule has 1 unspecified atom stereocenters. The van der Waals surface area contributed by atoms with Gasteiger partial charge < -0.3 is 5.73 Å². The summed E-state index contributed by atoms with van der Waals surface area (Å²) in [5.41, 5.74) is 9.32. The number of rotatable bonds is 3. The molecule has 0 aliphatic rings. The summed E-state index contributed by atoms with van der Waals surface area (Å²) in [6, 6.07) is 3.82. The molecule has 0 fully saturated rings. The second kappa shape index (κ2) is 4.45. The van der Waals surface area contributed by atoms with E-state index in [1.165, 1.54) is 5.56 Å². The fraction of sp³-hybridized carbons (Fsp3) is 0.333. The summed E-state index contributed by atoms with van der Waals surface area (Å²) < 4.78 is 1.75. The molecule has 4 heteroatoms. The van der Waals surface area contributed by atoms with Crippen molar-refractivity contribution in [2.24, 2.45) is 12.8 Å². The van der Waals surface area contributed by atoms with Crippen LogP contribution in [0.25, 0.3) is 0 Å². The number of aryl methyl sites for hydroxylation is 2. The molecule has 0 radical (unpaired) electrons. The fourth-order valence-corrected chi connectivity index (χ4v) is 1.79. The number of aromatic nitrogens is 3. The molecule has 2 aromatic rings. The maximum atomic E-state index is 6.19. The fourth-order valence-electron chi connectivity index (χ4n) is 1.79. The van der Waals surface area contributed by atoms with Gasteiger partial charge in [-0.3, -0.25) is 9.67 Å². The molecule has 84 valence electrons. The quantitative estimate of drug-likeness (QED) is 0.844. The van der Waals surface area contributed by atoms with E-state index in [-0.39, 0.29) is 6.04 Å². The summed E-state index contributed by atoms with van der Waals surface area (Å²) in [4.78, 5) is 4.37. The van der Waals surface area contributed by atoms with Crippen molar-refractivity contribution in [1.82, 2.24) is 14.8 Å². The molecule has 2 rings (SSSR count). The maximum Gasteiger partial charge on any atom is 0.0760 e. The summed E-state index contributed by atoms with van der Waals surface area (Å²) in [5.74, 6) is 0. The highest BCUT2D eigenvalue weighted by atomic mass is 15.2. The largest absolute Gasteiger partial charge is 0.319 e. The van der Waals surface area contributed by atoms with Crippen molar-refractivity contribution >= 4 is 0 Å². The van der Waals surface area contributed by atoms with Crippen molar-refractivity contribution in [3.8, 4) is 0 Å². The van der Waals surface area contributed by atoms with E-state index >= 15 is 0 Å². The molecule has 0 aliphatic heterocycles. The molecule has 0 saturated heterocycles. The average molecular weight is 216 g/mol. The van der Waals surface area contributed by atoms with Crippen LogP contribution in [0.5, 0.6) is 0 Å². The van der Waals surface area contributed by atoms with Gasteiger partial charge in [-0.15, -0.1) is 0 Å². The molecule has 2 heterocycles. The third-order valence-electron chi connectivity index (χ3n) is 2.69. The van der Waals surface area contributed by atoms with Gasteiger partial charge in [0.05, 0.1) is 17.9 Å². The minimum atomic E-state index is -0.190. The van der Waals surface area contributed by atoms with Crippen LogP contribution in [0, 0.1) is 0 Å². The van der Waals surface area contributed by atoms with Gasteiger partial charge in [-0.05, 0) is 18.1 Å². The minimum Gasteiger partial charge on any atom is -0.319 e. The zero-order chi connectivity index (χ0) is 11.5. The number of pyridine rings is 1. The summed E-state index contributed by atoms with van der Waals surface area (Å²) in [5, 5.41) is 4.13. The lowest BCUT2D eigenvalue weighted by molar-refractivity contribution is 0.762. The standard InChI is InChI=1S/C12H16N4/c1-3-9-5-4-6-14-12(9)11(13)10-7-15-16(2)8-10/h4-8,11H,3,13H2,1-2H3. The van der Waals surface area contributed by atoms with Crippen molar-refractivity contribution in [3.63, 3.8) is 0 Å². The zero-order valence-corrected chi connectivity index (χ0v) is 9.59.